The van der Waals surface area contributed by atoms with Gasteiger partial charge in [0.1, 0.15) is 0 Å². The highest BCUT2D eigenvalue weighted by Crippen LogP contribution is 2.33. The first kappa shape index (κ1) is 45.4. The quantitative estimate of drug-likeness (QED) is 0.160. The summed E-state index contributed by atoms with van der Waals surface area (Å²) in [4.78, 5) is 0. The highest BCUT2D eigenvalue weighted by molar-refractivity contribution is 7.10. The van der Waals surface area contributed by atoms with E-state index in [4.69, 9.17) is 28.8 Å². The van der Waals surface area contributed by atoms with E-state index in [2.05, 4.69) is 216 Å². The van der Waals surface area contributed by atoms with Crippen LogP contribution in [0.1, 0.15) is 0 Å². The van der Waals surface area contributed by atoms with Gasteiger partial charge in [-0.2, -0.15) is 0 Å². The molecule has 0 amide bonds. The van der Waals surface area contributed by atoms with Crippen molar-refractivity contribution in [1.29, 1.82) is 0 Å². The van der Waals surface area contributed by atoms with E-state index in [1.165, 1.54) is 0 Å². The van der Waals surface area contributed by atoms with Gasteiger partial charge in [0.05, 0.1) is 0 Å². The SMILES string of the molecule is C[Si]1(C)O[Si](C)(C)O[Si](c2ccccc2)(c2ccccc2)O[Si](c2ccccc2)(c2ccccc2)O1.C[Si]1(C)O[Si](C)(c2ccccc2)O[Si](c2ccccc2)(c2ccccc2)O1. The first-order valence-electron chi connectivity index (χ1n) is 21.5. The lowest BCUT2D eigenvalue weighted by atomic mass is 10.4. The fraction of sp³-hybridized carbons (Fsp3) is 0.143. The molecule has 14 heteroatoms. The van der Waals surface area contributed by atoms with Crippen molar-refractivity contribution >= 4 is 96.2 Å². The van der Waals surface area contributed by atoms with Crippen LogP contribution in [0.2, 0.25) is 45.8 Å². The average molecular weight is 954 g/mol. The van der Waals surface area contributed by atoms with E-state index in [9.17, 15) is 0 Å². The smallest absolute Gasteiger partial charge is 0.389 e. The van der Waals surface area contributed by atoms with E-state index in [1.54, 1.807) is 0 Å². The van der Waals surface area contributed by atoms with Gasteiger partial charge in [0.2, 0.25) is 0 Å². The molecule has 0 spiro atoms. The summed E-state index contributed by atoms with van der Waals surface area (Å²) in [5, 5.41) is 7.62. The second-order valence-electron chi connectivity index (χ2n) is 17.3. The number of hydrogen-bond donors (Lipinski definition) is 0. The van der Waals surface area contributed by atoms with Gasteiger partial charge >= 0.3 is 59.9 Å². The van der Waals surface area contributed by atoms with E-state index >= 15 is 0 Å². The predicted molar refractivity (Wildman–Crippen MR) is 271 cm³/mol. The molecule has 9 rings (SSSR count). The molecule has 0 bridgehead atoms. The van der Waals surface area contributed by atoms with Gasteiger partial charge in [-0.3, -0.25) is 0 Å². The summed E-state index contributed by atoms with van der Waals surface area (Å²) >= 11 is 0. The van der Waals surface area contributed by atoms with E-state index in [1.807, 2.05) is 42.5 Å². The molecule has 322 valence electrons. The molecule has 63 heavy (non-hydrogen) atoms. The molecule has 0 saturated carbocycles. The maximum Gasteiger partial charge on any atom is 0.389 e. The zero-order chi connectivity index (χ0) is 44.2. The Morgan fingerprint density at radius 1 is 0.206 bits per heavy atom. The molecule has 1 atom stereocenters. The van der Waals surface area contributed by atoms with Gasteiger partial charge in [0, 0.05) is 0 Å². The molecule has 2 saturated heterocycles. The van der Waals surface area contributed by atoms with Crippen LogP contribution in [0, 0.1) is 0 Å². The van der Waals surface area contributed by atoms with Gasteiger partial charge in [-0.1, -0.05) is 212 Å². The fourth-order valence-corrected chi connectivity index (χ4v) is 45.3. The van der Waals surface area contributed by atoms with Crippen molar-refractivity contribution in [3.63, 3.8) is 0 Å². The number of rotatable bonds is 7. The third kappa shape index (κ3) is 9.75. The van der Waals surface area contributed by atoms with Crippen molar-refractivity contribution in [3.8, 4) is 0 Å². The molecule has 2 heterocycles. The molecule has 7 nitrogen and oxygen atoms in total. The van der Waals surface area contributed by atoms with E-state index in [0.29, 0.717) is 0 Å². The Morgan fingerprint density at radius 3 is 0.667 bits per heavy atom. The Morgan fingerprint density at radius 2 is 0.413 bits per heavy atom. The van der Waals surface area contributed by atoms with Crippen LogP contribution in [0.25, 0.3) is 0 Å². The maximum atomic E-state index is 7.70. The summed E-state index contributed by atoms with van der Waals surface area (Å²) in [5.41, 5.74) is 0. The molecule has 7 aromatic rings. The number of hydrogen-bond acceptors (Lipinski definition) is 7. The third-order valence-corrected chi connectivity index (χ3v) is 40.7. The molecule has 0 aromatic heterocycles. The van der Waals surface area contributed by atoms with Crippen LogP contribution in [-0.2, 0) is 28.8 Å². The Bertz CT molecular complexity index is 2330. The van der Waals surface area contributed by atoms with Gasteiger partial charge in [-0.05, 0) is 82.1 Å². The summed E-state index contributed by atoms with van der Waals surface area (Å²) in [5.74, 6) is 0. The normalized spacial score (nSPS) is 21.6. The fourth-order valence-electron chi connectivity index (χ4n) is 8.73. The molecular weight excluding hydrogens is 897 g/mol. The van der Waals surface area contributed by atoms with Crippen molar-refractivity contribution in [2.75, 3.05) is 0 Å². The molecule has 7 aromatic carbocycles. The Balaban J connectivity index is 0.000000180. The highest BCUT2D eigenvalue weighted by atomic mass is 28.5. The minimum absolute atomic E-state index is 1.05. The standard InChI is InChI=1S/C28H32O4Si4.C21H24O3Si3/c1-33(2)29-34(3,4)31-36(27-21-13-7-14-22-27,28-23-15-8-16-24-28)32-35(30-33,25-17-9-5-10-18-25)26-19-11-6-12-20-26;1-25(2)22-26(3,19-13-7-4-8-14-19)24-27(23-25,20-15-9-5-10-16-20)21-17-11-6-12-18-21/h5-24H,1-4H3;4-18H,1-3H3. The number of benzene rings is 7. The highest BCUT2D eigenvalue weighted by Gasteiger charge is 2.62. The first-order valence-corrected chi connectivity index (χ1v) is 37.7. The Labute approximate surface area is 381 Å². The molecule has 0 radical (unpaired) electrons. The van der Waals surface area contributed by atoms with Gasteiger partial charge in [-0.15, -0.1) is 0 Å². The van der Waals surface area contributed by atoms with Crippen LogP contribution in [0.3, 0.4) is 0 Å². The Hall–Kier alpha value is -4.22. The summed E-state index contributed by atoms with van der Waals surface area (Å²) in [6, 6.07) is 72.8. The summed E-state index contributed by atoms with van der Waals surface area (Å²) < 4.78 is 49.6. The summed E-state index contributed by atoms with van der Waals surface area (Å²) in [7, 11) is -19.9. The van der Waals surface area contributed by atoms with Crippen molar-refractivity contribution in [1.82, 2.24) is 0 Å². The van der Waals surface area contributed by atoms with Crippen LogP contribution >= 0.6 is 0 Å². The Kier molecular flexibility index (Phi) is 13.2. The minimum atomic E-state index is -3.32. The molecule has 2 aliphatic rings. The van der Waals surface area contributed by atoms with Gasteiger partial charge in [0.15, 0.2) is 0 Å². The van der Waals surface area contributed by atoms with Gasteiger partial charge in [0.25, 0.3) is 0 Å². The molecule has 0 aliphatic carbocycles. The topological polar surface area (TPSA) is 64.6 Å². The molecule has 0 N–H and O–H groups in total. The van der Waals surface area contributed by atoms with Crippen molar-refractivity contribution in [2.24, 2.45) is 0 Å². The molecule has 1 unspecified atom stereocenters. The zero-order valence-electron chi connectivity index (χ0n) is 37.1. The van der Waals surface area contributed by atoms with Gasteiger partial charge in [-0.25, -0.2) is 0 Å². The van der Waals surface area contributed by atoms with Crippen LogP contribution in [0.15, 0.2) is 212 Å². The second-order valence-corrected chi connectivity index (χ2v) is 41.0. The van der Waals surface area contributed by atoms with Crippen LogP contribution in [0.5, 0.6) is 0 Å². The van der Waals surface area contributed by atoms with E-state index < -0.39 is 59.9 Å². The average Bonchev–Trinajstić information content (AvgIpc) is 3.29. The maximum absolute atomic E-state index is 7.70. The minimum Gasteiger partial charge on any atom is -0.416 e. The van der Waals surface area contributed by atoms with Crippen molar-refractivity contribution in [2.45, 2.75) is 45.8 Å². The third-order valence-electron chi connectivity index (χ3n) is 10.9. The monoisotopic (exact) mass is 952 g/mol. The lowest BCUT2D eigenvalue weighted by Gasteiger charge is -2.50. The van der Waals surface area contributed by atoms with E-state index in [-0.39, 0.29) is 0 Å². The second kappa shape index (κ2) is 18.3. The van der Waals surface area contributed by atoms with E-state index in [0.717, 1.165) is 36.3 Å². The predicted octanol–water partition coefficient (Wildman–Crippen LogP) is 6.97. The largest absolute Gasteiger partial charge is 0.416 e. The van der Waals surface area contributed by atoms with Crippen LogP contribution in [0.4, 0.5) is 0 Å². The van der Waals surface area contributed by atoms with Crippen molar-refractivity contribution < 1.29 is 28.8 Å². The lowest BCUT2D eigenvalue weighted by Crippen LogP contribution is -2.80. The zero-order valence-corrected chi connectivity index (χ0v) is 44.1. The summed E-state index contributed by atoms with van der Waals surface area (Å²) in [6.07, 6.45) is 0. The molecule has 2 fully saturated rings. The van der Waals surface area contributed by atoms with Crippen LogP contribution in [-0.4, -0.2) is 59.9 Å². The lowest BCUT2D eigenvalue weighted by molar-refractivity contribution is 0.251. The van der Waals surface area contributed by atoms with Crippen LogP contribution < -0.4 is 36.3 Å². The summed E-state index contributed by atoms with van der Waals surface area (Å²) in [6.45, 7) is 14.9. The molecule has 2 aliphatic heterocycles. The first-order chi connectivity index (χ1) is 30.2. The van der Waals surface area contributed by atoms with Gasteiger partial charge < -0.3 is 28.8 Å². The molecular formula is C49H56O7Si7. The van der Waals surface area contributed by atoms with Crippen molar-refractivity contribution in [3.05, 3.63) is 212 Å².